The molecule has 18 heavy (non-hydrogen) atoms. The minimum Gasteiger partial charge on any atom is -0.365 e. The second-order valence-electron chi connectivity index (χ2n) is 4.55. The predicted molar refractivity (Wildman–Crippen MR) is 71.7 cm³/mol. The molecule has 0 aliphatic heterocycles. The molecule has 1 heterocycles. The Bertz CT molecular complexity index is 459. The zero-order valence-corrected chi connectivity index (χ0v) is 10.8. The molecule has 5 heteroatoms. The maximum Gasteiger partial charge on any atom is 0.252 e. The second kappa shape index (κ2) is 5.35. The first-order chi connectivity index (χ1) is 8.67. The third-order valence-corrected chi connectivity index (χ3v) is 3.38. The fourth-order valence-electron chi connectivity index (χ4n) is 2.45. The topological polar surface area (TPSA) is 85.2 Å². The number of anilines is 1. The minimum atomic E-state index is -0.414. The molecule has 0 atom stereocenters. The van der Waals surface area contributed by atoms with Crippen LogP contribution in [-0.4, -0.2) is 30.5 Å². The number of amides is 1. The molecule has 0 saturated heterocycles. The number of aryl methyl sites for hydroxylation is 2. The summed E-state index contributed by atoms with van der Waals surface area (Å²) in [5, 5.41) is 0. The summed E-state index contributed by atoms with van der Waals surface area (Å²) in [7, 11) is 0. The number of primary amides is 1. The quantitative estimate of drug-likeness (QED) is 0.792. The van der Waals surface area contributed by atoms with Crippen molar-refractivity contribution in [2.24, 2.45) is 11.5 Å². The number of carbonyl (C=O) groups excluding carboxylic acids is 1. The first-order valence-corrected chi connectivity index (χ1v) is 6.45. The van der Waals surface area contributed by atoms with Crippen molar-refractivity contribution in [3.05, 3.63) is 22.9 Å². The van der Waals surface area contributed by atoms with Crippen LogP contribution in [0.2, 0.25) is 0 Å². The van der Waals surface area contributed by atoms with Crippen LogP contribution < -0.4 is 16.4 Å². The smallest absolute Gasteiger partial charge is 0.252 e. The Kier molecular flexibility index (Phi) is 3.81. The van der Waals surface area contributed by atoms with Gasteiger partial charge >= 0.3 is 0 Å². The second-order valence-corrected chi connectivity index (χ2v) is 4.55. The van der Waals surface area contributed by atoms with Gasteiger partial charge in [-0.2, -0.15) is 0 Å². The van der Waals surface area contributed by atoms with Crippen molar-refractivity contribution in [1.82, 2.24) is 4.98 Å². The van der Waals surface area contributed by atoms with Gasteiger partial charge in [-0.1, -0.05) is 0 Å². The number of fused-ring (bicyclic) bond motifs is 1. The third kappa shape index (κ3) is 2.31. The lowest BCUT2D eigenvalue weighted by atomic mass is 10.1. The standard InChI is InChI=1S/C13H20N4O/c1-2-17(7-6-14)13-10(12(15)18)8-9-4-3-5-11(9)16-13/h8H,2-7,14H2,1H3,(H2,15,18). The molecular weight excluding hydrogens is 228 g/mol. The Morgan fingerprint density at radius 2 is 2.28 bits per heavy atom. The van der Waals surface area contributed by atoms with Gasteiger partial charge in [0.2, 0.25) is 0 Å². The summed E-state index contributed by atoms with van der Waals surface area (Å²) >= 11 is 0. The summed E-state index contributed by atoms with van der Waals surface area (Å²) in [4.78, 5) is 18.2. The predicted octanol–water partition coefficient (Wildman–Crippen LogP) is 0.454. The average molecular weight is 248 g/mol. The van der Waals surface area contributed by atoms with Gasteiger partial charge < -0.3 is 16.4 Å². The lowest BCUT2D eigenvalue weighted by Gasteiger charge is -2.23. The van der Waals surface area contributed by atoms with E-state index in [1.165, 1.54) is 0 Å². The van der Waals surface area contributed by atoms with Gasteiger partial charge in [0, 0.05) is 25.3 Å². The molecule has 1 aliphatic rings. The molecule has 0 fully saturated rings. The van der Waals surface area contributed by atoms with Crippen LogP contribution in [0.15, 0.2) is 6.07 Å². The summed E-state index contributed by atoms with van der Waals surface area (Å²) in [6.45, 7) is 4.01. The molecule has 1 aromatic rings. The first kappa shape index (κ1) is 12.8. The van der Waals surface area contributed by atoms with E-state index in [2.05, 4.69) is 4.98 Å². The molecule has 5 nitrogen and oxygen atoms in total. The Labute approximate surface area is 107 Å². The monoisotopic (exact) mass is 248 g/mol. The van der Waals surface area contributed by atoms with Crippen LogP contribution >= 0.6 is 0 Å². The lowest BCUT2D eigenvalue weighted by Crippen LogP contribution is -2.32. The van der Waals surface area contributed by atoms with Crippen LogP contribution in [0.1, 0.15) is 35.0 Å². The van der Waals surface area contributed by atoms with Crippen molar-refractivity contribution >= 4 is 11.7 Å². The van der Waals surface area contributed by atoms with Gasteiger partial charge in [-0.15, -0.1) is 0 Å². The summed E-state index contributed by atoms with van der Waals surface area (Å²) in [5.41, 5.74) is 13.8. The van der Waals surface area contributed by atoms with Crippen molar-refractivity contribution in [1.29, 1.82) is 0 Å². The zero-order valence-electron chi connectivity index (χ0n) is 10.8. The highest BCUT2D eigenvalue weighted by atomic mass is 16.1. The fraction of sp³-hybridized carbons (Fsp3) is 0.538. The molecule has 4 N–H and O–H groups in total. The highest BCUT2D eigenvalue weighted by molar-refractivity contribution is 5.98. The van der Waals surface area contributed by atoms with Gasteiger partial charge in [0.05, 0.1) is 5.56 Å². The molecule has 0 radical (unpaired) electrons. The highest BCUT2D eigenvalue weighted by Crippen LogP contribution is 2.27. The number of nitrogens with two attached hydrogens (primary N) is 2. The number of nitrogens with zero attached hydrogens (tertiary/aromatic N) is 2. The molecule has 0 spiro atoms. The highest BCUT2D eigenvalue weighted by Gasteiger charge is 2.21. The molecule has 0 saturated carbocycles. The molecule has 0 aromatic carbocycles. The van der Waals surface area contributed by atoms with Gasteiger partial charge in [-0.3, -0.25) is 4.79 Å². The molecule has 1 aliphatic carbocycles. The summed E-state index contributed by atoms with van der Waals surface area (Å²) in [6.07, 6.45) is 3.08. The van der Waals surface area contributed by atoms with Crippen molar-refractivity contribution < 1.29 is 4.79 Å². The van der Waals surface area contributed by atoms with Crippen LogP contribution in [0.5, 0.6) is 0 Å². The molecule has 98 valence electrons. The summed E-state index contributed by atoms with van der Waals surface area (Å²) in [6, 6.07) is 1.91. The van der Waals surface area contributed by atoms with E-state index >= 15 is 0 Å². The number of likely N-dealkylation sites (N-methyl/N-ethyl adjacent to an activating group) is 1. The largest absolute Gasteiger partial charge is 0.365 e. The Hall–Kier alpha value is -1.62. The Morgan fingerprint density at radius 1 is 1.50 bits per heavy atom. The van der Waals surface area contributed by atoms with E-state index in [1.54, 1.807) is 0 Å². The van der Waals surface area contributed by atoms with Crippen LogP contribution in [-0.2, 0) is 12.8 Å². The maximum atomic E-state index is 11.6. The number of hydrogen-bond donors (Lipinski definition) is 2. The van der Waals surface area contributed by atoms with Crippen LogP contribution in [0.3, 0.4) is 0 Å². The van der Waals surface area contributed by atoms with Gasteiger partial charge in [0.25, 0.3) is 5.91 Å². The first-order valence-electron chi connectivity index (χ1n) is 6.45. The van der Waals surface area contributed by atoms with E-state index in [4.69, 9.17) is 11.5 Å². The van der Waals surface area contributed by atoms with Crippen molar-refractivity contribution in [2.45, 2.75) is 26.2 Å². The molecular formula is C13H20N4O. The normalized spacial score (nSPS) is 13.4. The minimum absolute atomic E-state index is 0.414. The molecule has 2 rings (SSSR count). The number of pyridine rings is 1. The Balaban J connectivity index is 2.46. The van der Waals surface area contributed by atoms with Crippen molar-refractivity contribution in [3.8, 4) is 0 Å². The third-order valence-electron chi connectivity index (χ3n) is 3.38. The lowest BCUT2D eigenvalue weighted by molar-refractivity contribution is 0.100. The fourth-order valence-corrected chi connectivity index (χ4v) is 2.45. The van der Waals surface area contributed by atoms with E-state index in [0.29, 0.717) is 24.5 Å². The number of carbonyl (C=O) groups is 1. The summed E-state index contributed by atoms with van der Waals surface area (Å²) < 4.78 is 0. The van der Waals surface area contributed by atoms with E-state index < -0.39 is 5.91 Å². The average Bonchev–Trinajstić information content (AvgIpc) is 2.81. The molecule has 1 amide bonds. The number of rotatable bonds is 5. The van der Waals surface area contributed by atoms with Gasteiger partial charge in [0.15, 0.2) is 0 Å². The van der Waals surface area contributed by atoms with Crippen LogP contribution in [0, 0.1) is 0 Å². The van der Waals surface area contributed by atoms with Crippen molar-refractivity contribution in [3.63, 3.8) is 0 Å². The molecule has 1 aromatic heterocycles. The SMILES string of the molecule is CCN(CCN)c1nc2c(cc1C(N)=O)CCC2. The Morgan fingerprint density at radius 3 is 2.89 bits per heavy atom. The molecule has 0 unspecified atom stereocenters. The zero-order chi connectivity index (χ0) is 13.1. The summed E-state index contributed by atoms with van der Waals surface area (Å²) in [5.74, 6) is 0.277. The van der Waals surface area contributed by atoms with Gasteiger partial charge in [0.1, 0.15) is 5.82 Å². The van der Waals surface area contributed by atoms with Crippen LogP contribution in [0.4, 0.5) is 5.82 Å². The number of hydrogen-bond acceptors (Lipinski definition) is 4. The van der Waals surface area contributed by atoms with E-state index in [-0.39, 0.29) is 0 Å². The van der Waals surface area contributed by atoms with E-state index in [1.807, 2.05) is 17.9 Å². The molecule has 0 bridgehead atoms. The van der Waals surface area contributed by atoms with Crippen LogP contribution in [0.25, 0.3) is 0 Å². The van der Waals surface area contributed by atoms with Gasteiger partial charge in [-0.25, -0.2) is 4.98 Å². The van der Waals surface area contributed by atoms with E-state index in [9.17, 15) is 4.79 Å². The maximum absolute atomic E-state index is 11.6. The number of aromatic nitrogens is 1. The van der Waals surface area contributed by atoms with Crippen molar-refractivity contribution in [2.75, 3.05) is 24.5 Å². The van der Waals surface area contributed by atoms with Gasteiger partial charge in [-0.05, 0) is 37.8 Å². The van der Waals surface area contributed by atoms with E-state index in [0.717, 1.165) is 37.1 Å².